The molecule has 2 aromatic heterocycles. The average Bonchev–Trinajstić information content (AvgIpc) is 3.03. The van der Waals surface area contributed by atoms with Crippen molar-refractivity contribution in [3.05, 3.63) is 98.5 Å². The van der Waals surface area contributed by atoms with E-state index in [1.807, 2.05) is 18.2 Å². The molecule has 0 aliphatic heterocycles. The van der Waals surface area contributed by atoms with Crippen LogP contribution in [-0.4, -0.2) is 20.2 Å². The largest absolute Gasteiger partial charge is 0.350 e. The third kappa shape index (κ3) is 4.48. The lowest BCUT2D eigenvalue weighted by molar-refractivity contribution is 0.251. The van der Waals surface area contributed by atoms with E-state index < -0.39 is 0 Å². The molecule has 4 rings (SSSR count). The highest BCUT2D eigenvalue weighted by Crippen LogP contribution is 2.20. The summed E-state index contributed by atoms with van der Waals surface area (Å²) in [5, 5.41) is 10.9. The molecule has 0 atom stereocenters. The average molecular weight is 442 g/mol. The number of pyridine rings is 1. The van der Waals surface area contributed by atoms with Gasteiger partial charge in [-0.05, 0) is 47.5 Å². The summed E-state index contributed by atoms with van der Waals surface area (Å²) in [6, 6.07) is 17.3. The molecule has 30 heavy (non-hydrogen) atoms. The van der Waals surface area contributed by atoms with Gasteiger partial charge in [0, 0.05) is 28.5 Å². The topological polar surface area (TPSA) is 80.4 Å². The number of urea groups is 1. The van der Waals surface area contributed by atoms with Gasteiger partial charge in [-0.15, -0.1) is 5.10 Å². The van der Waals surface area contributed by atoms with Crippen LogP contribution in [0.2, 0.25) is 10.0 Å². The van der Waals surface area contributed by atoms with Crippen molar-refractivity contribution in [1.29, 1.82) is 0 Å². The van der Waals surface area contributed by atoms with Crippen LogP contribution in [0, 0.1) is 0 Å². The summed E-state index contributed by atoms with van der Waals surface area (Å²) in [5.41, 5.74) is 2.55. The van der Waals surface area contributed by atoms with E-state index in [1.165, 1.54) is 9.08 Å². The second-order valence-corrected chi connectivity index (χ2v) is 7.46. The quantitative estimate of drug-likeness (QED) is 0.487. The highest BCUT2D eigenvalue weighted by atomic mass is 35.5. The van der Waals surface area contributed by atoms with Gasteiger partial charge in [-0.25, -0.2) is 14.3 Å². The number of benzene rings is 2. The third-order valence-electron chi connectivity index (χ3n) is 4.46. The van der Waals surface area contributed by atoms with E-state index in [1.54, 1.807) is 48.7 Å². The molecule has 2 amide bonds. The normalized spacial score (nSPS) is 10.9. The van der Waals surface area contributed by atoms with Crippen molar-refractivity contribution < 1.29 is 4.79 Å². The smallest absolute Gasteiger partial charge is 0.334 e. The Morgan fingerprint density at radius 3 is 2.70 bits per heavy atom. The number of amides is 2. The molecule has 0 saturated heterocycles. The molecule has 0 bridgehead atoms. The molecule has 152 valence electrons. The third-order valence-corrected chi connectivity index (χ3v) is 5.05. The molecule has 7 nitrogen and oxygen atoms in total. The number of rotatable bonds is 5. The van der Waals surface area contributed by atoms with E-state index in [0.717, 1.165) is 11.1 Å². The highest BCUT2D eigenvalue weighted by Gasteiger charge is 2.08. The zero-order valence-electron chi connectivity index (χ0n) is 15.7. The van der Waals surface area contributed by atoms with E-state index in [2.05, 4.69) is 15.7 Å². The zero-order valence-corrected chi connectivity index (χ0v) is 17.2. The van der Waals surface area contributed by atoms with Crippen LogP contribution in [0.4, 0.5) is 10.5 Å². The summed E-state index contributed by atoms with van der Waals surface area (Å²) in [5.74, 6) is 0. The van der Waals surface area contributed by atoms with E-state index in [-0.39, 0.29) is 24.8 Å². The molecule has 4 aromatic rings. The minimum atomic E-state index is -0.372. The van der Waals surface area contributed by atoms with Crippen LogP contribution in [0.1, 0.15) is 11.1 Å². The first-order valence-electron chi connectivity index (χ1n) is 9.11. The number of carbonyl (C=O) groups excluding carboxylic acids is 1. The first-order chi connectivity index (χ1) is 14.5. The molecule has 9 heteroatoms. The van der Waals surface area contributed by atoms with Gasteiger partial charge in [-0.1, -0.05) is 47.5 Å². The number of halogens is 2. The van der Waals surface area contributed by atoms with Gasteiger partial charge in [0.05, 0.1) is 6.54 Å². The maximum absolute atomic E-state index is 12.4. The van der Waals surface area contributed by atoms with E-state index in [9.17, 15) is 9.59 Å². The van der Waals surface area contributed by atoms with Crippen molar-refractivity contribution in [1.82, 2.24) is 19.5 Å². The molecule has 0 saturated carbocycles. The van der Waals surface area contributed by atoms with E-state index in [0.29, 0.717) is 21.4 Å². The van der Waals surface area contributed by atoms with Gasteiger partial charge < -0.3 is 10.6 Å². The minimum absolute atomic E-state index is 0.221. The number of anilines is 1. The summed E-state index contributed by atoms with van der Waals surface area (Å²) in [7, 11) is 0. The number of fused-ring (bicyclic) bond motifs is 1. The lowest BCUT2D eigenvalue weighted by atomic mass is 10.2. The fourth-order valence-corrected chi connectivity index (χ4v) is 3.48. The number of hydrogen-bond acceptors (Lipinski definition) is 3. The Labute approximate surface area is 181 Å². The standard InChI is InChI=1S/C21H17Cl2N5O2/c22-16-8-7-15(18(23)11-16)12-24-20(29)25-17-5-3-4-14(10-17)13-28-21(30)27-9-2-1-6-19(27)26-28/h1-11H,12-13H2,(H2,24,25,29). The molecule has 0 unspecified atom stereocenters. The number of nitrogens with one attached hydrogen (secondary N) is 2. The van der Waals surface area contributed by atoms with Gasteiger partial charge in [-0.2, -0.15) is 0 Å². The maximum Gasteiger partial charge on any atom is 0.350 e. The second kappa shape index (κ2) is 8.61. The molecular weight excluding hydrogens is 425 g/mol. The zero-order chi connectivity index (χ0) is 21.1. The fraction of sp³-hybridized carbons (Fsp3) is 0.0952. The molecule has 2 aromatic carbocycles. The number of aromatic nitrogens is 3. The molecule has 0 fully saturated rings. The van der Waals surface area contributed by atoms with Crippen LogP contribution in [0.15, 0.2) is 71.7 Å². The van der Waals surface area contributed by atoms with Gasteiger partial charge >= 0.3 is 11.7 Å². The monoisotopic (exact) mass is 441 g/mol. The Balaban J connectivity index is 1.42. The molecule has 2 N–H and O–H groups in total. The molecule has 2 heterocycles. The van der Waals surface area contributed by atoms with Gasteiger partial charge in [0.25, 0.3) is 0 Å². The van der Waals surface area contributed by atoms with Gasteiger partial charge in [0.2, 0.25) is 0 Å². The summed E-state index contributed by atoms with van der Waals surface area (Å²) in [6.45, 7) is 0.552. The fourth-order valence-electron chi connectivity index (χ4n) is 3.01. The SMILES string of the molecule is O=C(NCc1ccc(Cl)cc1Cl)Nc1cccc(Cn2nc3ccccn3c2=O)c1. The molecule has 0 aliphatic carbocycles. The summed E-state index contributed by atoms with van der Waals surface area (Å²) in [6.07, 6.45) is 1.68. The lowest BCUT2D eigenvalue weighted by Gasteiger charge is -2.10. The Morgan fingerprint density at radius 2 is 1.90 bits per heavy atom. The number of carbonyl (C=O) groups is 1. The Bertz CT molecular complexity index is 1280. The van der Waals surface area contributed by atoms with Crippen molar-refractivity contribution in [3.8, 4) is 0 Å². The first-order valence-corrected chi connectivity index (χ1v) is 9.87. The van der Waals surface area contributed by atoms with Crippen LogP contribution >= 0.6 is 23.2 Å². The first kappa shape index (κ1) is 20.0. The number of hydrogen-bond donors (Lipinski definition) is 2. The molecule has 0 spiro atoms. The van der Waals surface area contributed by atoms with Crippen LogP contribution in [-0.2, 0) is 13.1 Å². The summed E-state index contributed by atoms with van der Waals surface area (Å²) >= 11 is 12.0. The predicted molar refractivity (Wildman–Crippen MR) is 117 cm³/mol. The van der Waals surface area contributed by atoms with Crippen molar-refractivity contribution >= 4 is 40.6 Å². The van der Waals surface area contributed by atoms with Crippen molar-refractivity contribution in [2.24, 2.45) is 0 Å². The van der Waals surface area contributed by atoms with E-state index >= 15 is 0 Å². The highest BCUT2D eigenvalue weighted by molar-refractivity contribution is 6.35. The van der Waals surface area contributed by atoms with Gasteiger partial charge in [-0.3, -0.25) is 4.40 Å². The molecular formula is C21H17Cl2N5O2. The van der Waals surface area contributed by atoms with Crippen LogP contribution in [0.5, 0.6) is 0 Å². The van der Waals surface area contributed by atoms with Crippen LogP contribution in [0.25, 0.3) is 5.65 Å². The van der Waals surface area contributed by atoms with Crippen LogP contribution < -0.4 is 16.3 Å². The van der Waals surface area contributed by atoms with Crippen molar-refractivity contribution in [2.75, 3.05) is 5.32 Å². The van der Waals surface area contributed by atoms with Gasteiger partial charge in [0.15, 0.2) is 5.65 Å². The van der Waals surface area contributed by atoms with Gasteiger partial charge in [0.1, 0.15) is 0 Å². The molecule has 0 radical (unpaired) electrons. The second-order valence-electron chi connectivity index (χ2n) is 6.61. The number of nitrogens with zero attached hydrogens (tertiary/aromatic N) is 3. The Hall–Kier alpha value is -3.29. The maximum atomic E-state index is 12.4. The summed E-state index contributed by atoms with van der Waals surface area (Å²) in [4.78, 5) is 24.7. The van der Waals surface area contributed by atoms with Crippen LogP contribution in [0.3, 0.4) is 0 Å². The minimum Gasteiger partial charge on any atom is -0.334 e. The van der Waals surface area contributed by atoms with E-state index in [4.69, 9.17) is 23.2 Å². The Kier molecular flexibility index (Phi) is 5.74. The Morgan fingerprint density at radius 1 is 1.03 bits per heavy atom. The van der Waals surface area contributed by atoms with Crippen molar-refractivity contribution in [2.45, 2.75) is 13.1 Å². The lowest BCUT2D eigenvalue weighted by Crippen LogP contribution is -2.28. The summed E-state index contributed by atoms with van der Waals surface area (Å²) < 4.78 is 2.87. The predicted octanol–water partition coefficient (Wildman–Crippen LogP) is 4.17. The molecule has 0 aliphatic rings. The van der Waals surface area contributed by atoms with Crippen molar-refractivity contribution in [3.63, 3.8) is 0 Å².